The smallest absolute Gasteiger partial charge is 0.172 e. The van der Waals surface area contributed by atoms with Crippen molar-refractivity contribution in [2.45, 2.75) is 31.3 Å². The van der Waals surface area contributed by atoms with E-state index < -0.39 is 0 Å². The van der Waals surface area contributed by atoms with Gasteiger partial charge in [-0.25, -0.2) is 0 Å². The summed E-state index contributed by atoms with van der Waals surface area (Å²) < 4.78 is 0. The maximum atomic E-state index is 11.5. The molecular formula is C10H13NO. The highest BCUT2D eigenvalue weighted by Crippen LogP contribution is 2.40. The van der Waals surface area contributed by atoms with Gasteiger partial charge >= 0.3 is 0 Å². The zero-order valence-electron chi connectivity index (χ0n) is 7.07. The Morgan fingerprint density at radius 2 is 2.42 bits per heavy atom. The van der Waals surface area contributed by atoms with Crippen molar-refractivity contribution in [3.63, 3.8) is 0 Å². The number of ketones is 1. The van der Waals surface area contributed by atoms with Crippen LogP contribution in [0.15, 0.2) is 12.2 Å². The minimum Gasteiger partial charge on any atom is -0.293 e. The summed E-state index contributed by atoms with van der Waals surface area (Å²) in [6.07, 6.45) is 7.69. The standard InChI is InChI=1S/C10H13NO/c12-9-4-3-8-6-7-2-1-5-11(8)10(7)9/h3-4,7-8,10H,1-2,5-6H2/t7-,8+,10+/m0/s1. The maximum absolute atomic E-state index is 11.5. The Morgan fingerprint density at radius 3 is 3.25 bits per heavy atom. The minimum absolute atomic E-state index is 0.272. The van der Waals surface area contributed by atoms with Crippen molar-refractivity contribution < 1.29 is 4.79 Å². The van der Waals surface area contributed by atoms with Gasteiger partial charge in [0.25, 0.3) is 0 Å². The largest absolute Gasteiger partial charge is 0.293 e. The first kappa shape index (κ1) is 6.84. The molecule has 0 aromatic rings. The van der Waals surface area contributed by atoms with E-state index in [1.807, 2.05) is 0 Å². The Hall–Kier alpha value is -0.630. The van der Waals surface area contributed by atoms with Crippen molar-refractivity contribution in [3.05, 3.63) is 12.2 Å². The van der Waals surface area contributed by atoms with Crippen LogP contribution in [0, 0.1) is 5.92 Å². The van der Waals surface area contributed by atoms with E-state index >= 15 is 0 Å². The summed E-state index contributed by atoms with van der Waals surface area (Å²) >= 11 is 0. The Labute approximate surface area is 72.2 Å². The van der Waals surface area contributed by atoms with Gasteiger partial charge in [0.15, 0.2) is 5.78 Å². The molecule has 4 atom stereocenters. The first-order valence-corrected chi connectivity index (χ1v) is 4.84. The summed E-state index contributed by atoms with van der Waals surface area (Å²) in [6, 6.07) is 0.869. The molecule has 1 unspecified atom stereocenters. The number of carbonyl (C=O) groups excluding carboxylic acids is 1. The fourth-order valence-electron chi connectivity index (χ4n) is 3.06. The van der Waals surface area contributed by atoms with Crippen LogP contribution in [-0.4, -0.2) is 29.3 Å². The van der Waals surface area contributed by atoms with Gasteiger partial charge in [0.1, 0.15) is 0 Å². The summed E-state index contributed by atoms with van der Waals surface area (Å²) in [6.45, 7) is 1.14. The Kier molecular flexibility index (Phi) is 1.25. The molecule has 2 saturated heterocycles. The number of nitrogens with zero attached hydrogens (tertiary/aromatic N) is 1. The van der Waals surface area contributed by atoms with Crippen molar-refractivity contribution in [3.8, 4) is 0 Å². The predicted octanol–water partition coefficient (Wildman–Crippen LogP) is 0.978. The molecule has 12 heavy (non-hydrogen) atoms. The van der Waals surface area contributed by atoms with Crippen LogP contribution in [-0.2, 0) is 4.79 Å². The van der Waals surface area contributed by atoms with Gasteiger partial charge in [-0.05, 0) is 37.8 Å². The van der Waals surface area contributed by atoms with E-state index in [1.165, 1.54) is 19.3 Å². The molecule has 2 fully saturated rings. The van der Waals surface area contributed by atoms with E-state index in [0.717, 1.165) is 6.54 Å². The second-order valence-corrected chi connectivity index (χ2v) is 4.15. The average Bonchev–Trinajstić information content (AvgIpc) is 2.24. The van der Waals surface area contributed by atoms with Crippen LogP contribution < -0.4 is 0 Å². The van der Waals surface area contributed by atoms with Gasteiger partial charge in [0.2, 0.25) is 0 Å². The normalized spacial score (nSPS) is 49.8. The lowest BCUT2D eigenvalue weighted by Crippen LogP contribution is -2.47. The Balaban J connectivity index is 2.03. The molecule has 64 valence electrons. The first-order chi connectivity index (χ1) is 5.86. The highest BCUT2D eigenvalue weighted by Gasteiger charge is 2.47. The number of carbonyl (C=O) groups is 1. The SMILES string of the molecule is O=C1C=C[C@@H]2C[C@@H]3CCCN2[C@@H]13. The third-order valence-electron chi connectivity index (χ3n) is 3.54. The number of piperidine rings is 1. The molecule has 0 spiro atoms. The van der Waals surface area contributed by atoms with E-state index in [1.54, 1.807) is 6.08 Å². The van der Waals surface area contributed by atoms with Gasteiger partial charge in [0, 0.05) is 6.04 Å². The molecule has 0 radical (unpaired) electrons. The third-order valence-corrected chi connectivity index (χ3v) is 3.54. The van der Waals surface area contributed by atoms with Gasteiger partial charge in [-0.2, -0.15) is 0 Å². The molecule has 0 aromatic carbocycles. The second kappa shape index (κ2) is 2.19. The van der Waals surface area contributed by atoms with Crippen molar-refractivity contribution in [1.29, 1.82) is 0 Å². The van der Waals surface area contributed by atoms with Crippen LogP contribution in [0.5, 0.6) is 0 Å². The van der Waals surface area contributed by atoms with Gasteiger partial charge in [0.05, 0.1) is 6.04 Å². The van der Waals surface area contributed by atoms with Gasteiger partial charge in [-0.1, -0.05) is 6.08 Å². The zero-order valence-corrected chi connectivity index (χ0v) is 7.07. The van der Waals surface area contributed by atoms with Crippen molar-refractivity contribution in [2.24, 2.45) is 5.92 Å². The third kappa shape index (κ3) is 0.712. The Morgan fingerprint density at radius 1 is 1.50 bits per heavy atom. The first-order valence-electron chi connectivity index (χ1n) is 4.84. The zero-order chi connectivity index (χ0) is 8.13. The van der Waals surface area contributed by atoms with Crippen LogP contribution in [0.25, 0.3) is 0 Å². The van der Waals surface area contributed by atoms with E-state index in [2.05, 4.69) is 11.0 Å². The lowest BCUT2D eigenvalue weighted by Gasteiger charge is -2.34. The molecule has 4 bridgehead atoms. The molecular weight excluding hydrogens is 150 g/mol. The number of hydrogen-bond acceptors (Lipinski definition) is 2. The molecule has 3 aliphatic heterocycles. The highest BCUT2D eigenvalue weighted by molar-refractivity contribution is 5.96. The molecule has 0 aliphatic carbocycles. The van der Waals surface area contributed by atoms with Crippen LogP contribution in [0.2, 0.25) is 0 Å². The van der Waals surface area contributed by atoms with E-state index in [4.69, 9.17) is 0 Å². The van der Waals surface area contributed by atoms with Gasteiger partial charge < -0.3 is 0 Å². The van der Waals surface area contributed by atoms with E-state index in [-0.39, 0.29) is 6.04 Å². The molecule has 3 aliphatic rings. The molecule has 2 nitrogen and oxygen atoms in total. The molecule has 3 rings (SSSR count). The summed E-state index contributed by atoms with van der Waals surface area (Å²) in [5, 5.41) is 0. The van der Waals surface area contributed by atoms with Gasteiger partial charge in [-0.3, -0.25) is 9.69 Å². The molecule has 3 heterocycles. The summed E-state index contributed by atoms with van der Waals surface area (Å²) in [5.74, 6) is 1.03. The molecule has 0 N–H and O–H groups in total. The maximum Gasteiger partial charge on any atom is 0.172 e. The van der Waals surface area contributed by atoms with E-state index in [9.17, 15) is 4.79 Å². The fourth-order valence-corrected chi connectivity index (χ4v) is 3.06. The Bertz CT molecular complexity index is 259. The van der Waals surface area contributed by atoms with Crippen LogP contribution in [0.3, 0.4) is 0 Å². The monoisotopic (exact) mass is 163 g/mol. The number of rotatable bonds is 0. The lowest BCUT2D eigenvalue weighted by molar-refractivity contribution is -0.121. The highest BCUT2D eigenvalue weighted by atomic mass is 16.1. The van der Waals surface area contributed by atoms with Crippen molar-refractivity contribution in [1.82, 2.24) is 4.90 Å². The lowest BCUT2D eigenvalue weighted by atomic mass is 9.90. The molecule has 0 amide bonds. The molecule has 0 saturated carbocycles. The summed E-state index contributed by atoms with van der Waals surface area (Å²) in [7, 11) is 0. The summed E-state index contributed by atoms with van der Waals surface area (Å²) in [4.78, 5) is 13.9. The van der Waals surface area contributed by atoms with E-state index in [0.29, 0.717) is 17.7 Å². The molecule has 2 heteroatoms. The average molecular weight is 163 g/mol. The quantitative estimate of drug-likeness (QED) is 0.530. The summed E-state index contributed by atoms with van der Waals surface area (Å²) in [5.41, 5.74) is 0. The van der Waals surface area contributed by atoms with Crippen LogP contribution in [0.1, 0.15) is 19.3 Å². The number of hydrogen-bond donors (Lipinski definition) is 0. The molecule has 0 aromatic heterocycles. The van der Waals surface area contributed by atoms with Crippen molar-refractivity contribution in [2.75, 3.05) is 6.54 Å². The van der Waals surface area contributed by atoms with Crippen LogP contribution >= 0.6 is 0 Å². The fraction of sp³-hybridized carbons (Fsp3) is 0.700. The van der Waals surface area contributed by atoms with Gasteiger partial charge in [-0.15, -0.1) is 0 Å². The van der Waals surface area contributed by atoms with Crippen LogP contribution in [0.4, 0.5) is 0 Å². The minimum atomic E-state index is 0.272. The topological polar surface area (TPSA) is 20.3 Å². The predicted molar refractivity (Wildman–Crippen MR) is 45.8 cm³/mol. The van der Waals surface area contributed by atoms with Crippen molar-refractivity contribution >= 4 is 5.78 Å². The second-order valence-electron chi connectivity index (χ2n) is 4.15.